The molecule has 0 bridgehead atoms. The molecule has 7 unspecified atom stereocenters. The average Bonchev–Trinajstić information content (AvgIpc) is 3.53. The zero-order chi connectivity index (χ0) is 20.3. The van der Waals surface area contributed by atoms with Crippen molar-refractivity contribution in [3.05, 3.63) is 0 Å². The molecule has 0 saturated carbocycles. The molecule has 7 nitrogen and oxygen atoms in total. The number of aliphatic hydroxyl groups excluding tert-OH is 2. The summed E-state index contributed by atoms with van der Waals surface area (Å²) in [4.78, 5) is 20.3. The van der Waals surface area contributed by atoms with Crippen LogP contribution in [-0.2, 0) is 9.53 Å². The third-order valence-corrected chi connectivity index (χ3v) is 6.42. The standard InChI is InChI=1S/C21H39N3O4/c1-4-7-16-11-22(16)21(23-12-17(23)8-5-2,24-13-18(24)9-6-3)10-20(27)28-15-19(26)14-25/h16-19,25-26H,4-15H2,1-3H3. The van der Waals surface area contributed by atoms with Crippen LogP contribution in [0.5, 0.6) is 0 Å². The maximum atomic E-state index is 12.8. The van der Waals surface area contributed by atoms with Gasteiger partial charge in [-0.15, -0.1) is 0 Å². The summed E-state index contributed by atoms with van der Waals surface area (Å²) in [7, 11) is 0. The lowest BCUT2D eigenvalue weighted by Gasteiger charge is -2.40. The van der Waals surface area contributed by atoms with Gasteiger partial charge < -0.3 is 14.9 Å². The lowest BCUT2D eigenvalue weighted by atomic mass is 10.1. The van der Waals surface area contributed by atoms with Gasteiger partial charge >= 0.3 is 5.97 Å². The number of carbonyl (C=O) groups excluding carboxylic acids is 1. The van der Waals surface area contributed by atoms with E-state index in [1.54, 1.807) is 0 Å². The lowest BCUT2D eigenvalue weighted by molar-refractivity contribution is -0.156. The van der Waals surface area contributed by atoms with Gasteiger partial charge in [0.25, 0.3) is 0 Å². The first-order chi connectivity index (χ1) is 13.5. The van der Waals surface area contributed by atoms with Crippen molar-refractivity contribution >= 4 is 5.97 Å². The van der Waals surface area contributed by atoms with Gasteiger partial charge in [0.05, 0.1) is 13.0 Å². The van der Waals surface area contributed by atoms with Crippen molar-refractivity contribution in [2.45, 2.75) is 95.7 Å². The first-order valence-corrected chi connectivity index (χ1v) is 11.3. The first-order valence-electron chi connectivity index (χ1n) is 11.3. The van der Waals surface area contributed by atoms with Gasteiger partial charge in [-0.25, -0.2) is 0 Å². The first kappa shape index (κ1) is 22.0. The SMILES string of the molecule is CCCC1CN1C(CC(=O)OCC(O)CO)(N1CC1CCC)N1CC1CCC. The highest BCUT2D eigenvalue weighted by molar-refractivity contribution is 5.71. The Labute approximate surface area is 169 Å². The van der Waals surface area contributed by atoms with Crippen LogP contribution >= 0.6 is 0 Å². The van der Waals surface area contributed by atoms with Gasteiger partial charge in [-0.3, -0.25) is 19.5 Å². The number of ether oxygens (including phenoxy) is 1. The third-order valence-electron chi connectivity index (χ3n) is 6.42. The van der Waals surface area contributed by atoms with Gasteiger partial charge in [-0.2, -0.15) is 0 Å². The Hall–Kier alpha value is -0.730. The molecular weight excluding hydrogens is 358 g/mol. The normalized spacial score (nSPS) is 36.5. The molecule has 0 aromatic carbocycles. The van der Waals surface area contributed by atoms with Gasteiger partial charge in [-0.05, 0) is 19.3 Å². The summed E-state index contributed by atoms with van der Waals surface area (Å²) in [6.45, 7) is 9.27. The van der Waals surface area contributed by atoms with Gasteiger partial charge in [0.1, 0.15) is 18.5 Å². The van der Waals surface area contributed by atoms with E-state index < -0.39 is 12.7 Å². The predicted octanol–water partition coefficient (Wildman–Crippen LogP) is 1.38. The molecule has 0 radical (unpaired) electrons. The van der Waals surface area contributed by atoms with Crippen LogP contribution in [0.15, 0.2) is 0 Å². The maximum absolute atomic E-state index is 12.8. The van der Waals surface area contributed by atoms with Crippen LogP contribution in [0.3, 0.4) is 0 Å². The Bertz CT molecular complexity index is 481. The summed E-state index contributed by atoms with van der Waals surface area (Å²) in [6.07, 6.45) is 6.26. The summed E-state index contributed by atoms with van der Waals surface area (Å²) in [6, 6.07) is 1.64. The second kappa shape index (κ2) is 9.39. The highest BCUT2D eigenvalue weighted by Crippen LogP contribution is 2.51. The van der Waals surface area contributed by atoms with Crippen LogP contribution in [0.25, 0.3) is 0 Å². The minimum Gasteiger partial charge on any atom is -0.463 e. The van der Waals surface area contributed by atoms with E-state index in [1.165, 1.54) is 19.3 Å². The topological polar surface area (TPSA) is 75.8 Å². The Morgan fingerprint density at radius 1 is 0.964 bits per heavy atom. The molecular formula is C21H39N3O4. The molecule has 3 fully saturated rings. The van der Waals surface area contributed by atoms with E-state index in [0.29, 0.717) is 24.5 Å². The zero-order valence-electron chi connectivity index (χ0n) is 17.8. The van der Waals surface area contributed by atoms with Crippen LogP contribution < -0.4 is 0 Å². The maximum Gasteiger partial charge on any atom is 0.310 e. The third kappa shape index (κ3) is 4.70. The summed E-state index contributed by atoms with van der Waals surface area (Å²) in [5.41, 5.74) is 0. The fourth-order valence-electron chi connectivity index (χ4n) is 4.88. The summed E-state index contributed by atoms with van der Waals surface area (Å²) in [5, 5.41) is 18.5. The van der Waals surface area contributed by atoms with Crippen molar-refractivity contribution in [2.75, 3.05) is 32.8 Å². The molecule has 3 aliphatic heterocycles. The van der Waals surface area contributed by atoms with Crippen molar-refractivity contribution in [2.24, 2.45) is 0 Å². The molecule has 0 aliphatic carbocycles. The number of carbonyl (C=O) groups is 1. The lowest BCUT2D eigenvalue weighted by Crippen LogP contribution is -2.56. The second-order valence-corrected chi connectivity index (χ2v) is 8.76. The van der Waals surface area contributed by atoms with Crippen molar-refractivity contribution in [3.8, 4) is 0 Å². The van der Waals surface area contributed by atoms with Crippen molar-refractivity contribution in [1.29, 1.82) is 0 Å². The van der Waals surface area contributed by atoms with Gasteiger partial charge in [0.2, 0.25) is 0 Å². The fraction of sp³-hybridized carbons (Fsp3) is 0.952. The quantitative estimate of drug-likeness (QED) is 0.339. The molecule has 3 rings (SSSR count). The van der Waals surface area contributed by atoms with E-state index in [-0.39, 0.29) is 18.4 Å². The van der Waals surface area contributed by atoms with Crippen LogP contribution in [0, 0.1) is 0 Å². The molecule has 2 N–H and O–H groups in total. The molecule has 28 heavy (non-hydrogen) atoms. The number of esters is 1. The number of hydrogen-bond donors (Lipinski definition) is 2. The zero-order valence-corrected chi connectivity index (χ0v) is 17.8. The molecule has 7 heteroatoms. The smallest absolute Gasteiger partial charge is 0.310 e. The van der Waals surface area contributed by atoms with Crippen molar-refractivity contribution < 1.29 is 19.7 Å². The fourth-order valence-corrected chi connectivity index (χ4v) is 4.88. The Morgan fingerprint density at radius 2 is 1.39 bits per heavy atom. The summed E-state index contributed by atoms with van der Waals surface area (Å²) >= 11 is 0. The highest BCUT2D eigenvalue weighted by atomic mass is 16.5. The van der Waals surface area contributed by atoms with Gasteiger partial charge in [-0.1, -0.05) is 40.0 Å². The van der Waals surface area contributed by atoms with E-state index in [1.807, 2.05) is 0 Å². The number of nitrogens with zero attached hydrogens (tertiary/aromatic N) is 3. The van der Waals surface area contributed by atoms with E-state index in [2.05, 4.69) is 35.5 Å². The molecule has 0 aromatic heterocycles. The van der Waals surface area contributed by atoms with E-state index >= 15 is 0 Å². The monoisotopic (exact) mass is 397 g/mol. The van der Waals surface area contributed by atoms with E-state index in [4.69, 9.17) is 9.84 Å². The second-order valence-electron chi connectivity index (χ2n) is 8.76. The molecule has 0 amide bonds. The minimum atomic E-state index is -1.00. The average molecular weight is 398 g/mol. The van der Waals surface area contributed by atoms with E-state index in [0.717, 1.165) is 38.9 Å². The molecule has 0 spiro atoms. The van der Waals surface area contributed by atoms with Crippen molar-refractivity contribution in [1.82, 2.24) is 14.7 Å². The van der Waals surface area contributed by atoms with Crippen molar-refractivity contribution in [3.63, 3.8) is 0 Å². The highest BCUT2D eigenvalue weighted by Gasteiger charge is 2.67. The largest absolute Gasteiger partial charge is 0.463 e. The summed E-state index contributed by atoms with van der Waals surface area (Å²) in [5.74, 6) is -0.639. The molecule has 7 atom stereocenters. The van der Waals surface area contributed by atoms with Gasteiger partial charge in [0.15, 0.2) is 0 Å². The molecule has 162 valence electrons. The summed E-state index contributed by atoms with van der Waals surface area (Å²) < 4.78 is 5.34. The van der Waals surface area contributed by atoms with Crippen LogP contribution in [0.1, 0.15) is 65.7 Å². The molecule has 3 saturated heterocycles. The Balaban J connectivity index is 1.76. The van der Waals surface area contributed by atoms with Crippen LogP contribution in [-0.4, -0.2) is 93.7 Å². The Morgan fingerprint density at radius 3 is 1.75 bits per heavy atom. The number of aliphatic hydroxyl groups is 2. The Kier molecular flexibility index (Phi) is 7.37. The molecule has 3 aliphatic rings. The van der Waals surface area contributed by atoms with E-state index in [9.17, 15) is 9.90 Å². The van der Waals surface area contributed by atoms with Gasteiger partial charge in [0, 0.05) is 37.8 Å². The predicted molar refractivity (Wildman–Crippen MR) is 108 cm³/mol. The minimum absolute atomic E-state index is 0.138. The van der Waals surface area contributed by atoms with Crippen LogP contribution in [0.2, 0.25) is 0 Å². The molecule has 3 heterocycles. The number of rotatable bonds is 14. The van der Waals surface area contributed by atoms with Crippen LogP contribution in [0.4, 0.5) is 0 Å². The number of hydrogen-bond acceptors (Lipinski definition) is 7. The molecule has 0 aromatic rings.